The molecule has 0 aromatic heterocycles. The van der Waals surface area contributed by atoms with Gasteiger partial charge in [0.05, 0.1) is 5.69 Å². The molecule has 20 heavy (non-hydrogen) atoms. The van der Waals surface area contributed by atoms with Crippen LogP contribution in [0.5, 0.6) is 0 Å². The van der Waals surface area contributed by atoms with E-state index in [0.29, 0.717) is 12.3 Å². The molecule has 0 N–H and O–H groups in total. The van der Waals surface area contributed by atoms with E-state index in [1.807, 2.05) is 41.3 Å². The number of carbonyl (C=O) groups is 1. The first-order valence-corrected chi connectivity index (χ1v) is 7.92. The van der Waals surface area contributed by atoms with Crippen LogP contribution in [0.3, 0.4) is 0 Å². The number of anilines is 1. The highest BCUT2D eigenvalue weighted by Gasteiger charge is 2.30. The molecule has 3 heteroatoms. The van der Waals surface area contributed by atoms with Gasteiger partial charge >= 0.3 is 0 Å². The van der Waals surface area contributed by atoms with Crippen molar-refractivity contribution in [3.05, 3.63) is 54.6 Å². The first-order valence-electron chi connectivity index (χ1n) is 6.80. The second kappa shape index (κ2) is 5.80. The monoisotopic (exact) mass is 329 g/mol. The van der Waals surface area contributed by atoms with Crippen molar-refractivity contribution < 1.29 is 4.79 Å². The van der Waals surface area contributed by atoms with Gasteiger partial charge in [-0.05, 0) is 17.5 Å². The number of halogens is 1. The summed E-state index contributed by atoms with van der Waals surface area (Å²) in [6.45, 7) is 0.800. The first kappa shape index (κ1) is 13.4. The Morgan fingerprint density at radius 1 is 1.05 bits per heavy atom. The number of hydrogen-bond donors (Lipinski definition) is 0. The Morgan fingerprint density at radius 2 is 1.75 bits per heavy atom. The van der Waals surface area contributed by atoms with Crippen molar-refractivity contribution >= 4 is 27.5 Å². The van der Waals surface area contributed by atoms with Crippen LogP contribution in [-0.2, 0) is 4.79 Å². The molecule has 0 saturated carbocycles. The quantitative estimate of drug-likeness (QED) is 0.776. The Balaban J connectivity index is 2.01. The predicted molar refractivity (Wildman–Crippen MR) is 86.1 cm³/mol. The van der Waals surface area contributed by atoms with Gasteiger partial charge < -0.3 is 4.90 Å². The first-order chi connectivity index (χ1) is 9.79. The highest BCUT2D eigenvalue weighted by atomic mass is 79.9. The molecule has 1 saturated heterocycles. The highest BCUT2D eigenvalue weighted by molar-refractivity contribution is 9.09. The molecule has 1 unspecified atom stereocenters. The van der Waals surface area contributed by atoms with E-state index >= 15 is 0 Å². The summed E-state index contributed by atoms with van der Waals surface area (Å²) in [5, 5.41) is 0.878. The van der Waals surface area contributed by atoms with Gasteiger partial charge in [-0.3, -0.25) is 4.79 Å². The lowest BCUT2D eigenvalue weighted by Gasteiger charge is -2.20. The molecule has 3 rings (SSSR count). The number of alkyl halides is 1. The molecule has 2 aromatic rings. The second-order valence-corrected chi connectivity index (χ2v) is 5.76. The normalized spacial score (nSPS) is 18.6. The fourth-order valence-electron chi connectivity index (χ4n) is 2.69. The molecule has 2 aromatic carbocycles. The molecule has 102 valence electrons. The number of hydrogen-bond acceptors (Lipinski definition) is 1. The summed E-state index contributed by atoms with van der Waals surface area (Å²) in [4.78, 5) is 14.2. The fourth-order valence-corrected chi connectivity index (χ4v) is 3.12. The number of nitrogens with zero attached hydrogens (tertiary/aromatic N) is 1. The standard InChI is InChI=1S/C17H16BrNO/c18-11-13-10-17(20)19(12-13)16-9-5-4-8-15(16)14-6-2-1-3-7-14/h1-9,13H,10-12H2. The van der Waals surface area contributed by atoms with Crippen LogP contribution in [0.2, 0.25) is 0 Å². The van der Waals surface area contributed by atoms with Crippen LogP contribution in [0.4, 0.5) is 5.69 Å². The van der Waals surface area contributed by atoms with Gasteiger partial charge in [0.2, 0.25) is 5.91 Å². The van der Waals surface area contributed by atoms with E-state index in [0.717, 1.165) is 28.7 Å². The van der Waals surface area contributed by atoms with Gasteiger partial charge in [0.1, 0.15) is 0 Å². The molecule has 0 aliphatic carbocycles. The summed E-state index contributed by atoms with van der Waals surface area (Å²) in [5.41, 5.74) is 3.29. The van der Waals surface area contributed by atoms with Crippen molar-refractivity contribution in [3.8, 4) is 11.1 Å². The largest absolute Gasteiger partial charge is 0.311 e. The van der Waals surface area contributed by atoms with E-state index in [-0.39, 0.29) is 5.91 Å². The van der Waals surface area contributed by atoms with E-state index in [2.05, 4.69) is 34.1 Å². The third-order valence-corrected chi connectivity index (χ3v) is 4.62. The second-order valence-electron chi connectivity index (χ2n) is 5.11. The van der Waals surface area contributed by atoms with Gasteiger partial charge in [0.25, 0.3) is 0 Å². The van der Waals surface area contributed by atoms with E-state index in [1.54, 1.807) is 0 Å². The van der Waals surface area contributed by atoms with Gasteiger partial charge in [0.15, 0.2) is 0 Å². The van der Waals surface area contributed by atoms with Crippen molar-refractivity contribution in [1.29, 1.82) is 0 Å². The van der Waals surface area contributed by atoms with Gasteiger partial charge in [-0.2, -0.15) is 0 Å². The molecule has 1 amide bonds. The van der Waals surface area contributed by atoms with Crippen LogP contribution in [0.15, 0.2) is 54.6 Å². The van der Waals surface area contributed by atoms with Crippen LogP contribution in [-0.4, -0.2) is 17.8 Å². The maximum absolute atomic E-state index is 12.2. The van der Waals surface area contributed by atoms with Crippen LogP contribution in [0, 0.1) is 5.92 Å². The third kappa shape index (κ3) is 2.50. The molecule has 0 spiro atoms. The average Bonchev–Trinajstić information content (AvgIpc) is 2.89. The zero-order valence-electron chi connectivity index (χ0n) is 11.1. The summed E-state index contributed by atoms with van der Waals surface area (Å²) < 4.78 is 0. The minimum absolute atomic E-state index is 0.220. The number of benzene rings is 2. The van der Waals surface area contributed by atoms with Gasteiger partial charge in [-0.15, -0.1) is 0 Å². The Hall–Kier alpha value is -1.61. The molecule has 0 bridgehead atoms. The van der Waals surface area contributed by atoms with Gasteiger partial charge in [-0.25, -0.2) is 0 Å². The zero-order chi connectivity index (χ0) is 13.9. The topological polar surface area (TPSA) is 20.3 Å². The van der Waals surface area contributed by atoms with E-state index in [9.17, 15) is 4.79 Å². The SMILES string of the molecule is O=C1CC(CBr)CN1c1ccccc1-c1ccccc1. The van der Waals surface area contributed by atoms with Crippen molar-refractivity contribution in [2.24, 2.45) is 5.92 Å². The molecule has 1 aliphatic heterocycles. The zero-order valence-corrected chi connectivity index (χ0v) is 12.7. The summed E-state index contributed by atoms with van der Waals surface area (Å²) in [6, 6.07) is 18.4. The lowest BCUT2D eigenvalue weighted by Crippen LogP contribution is -2.25. The van der Waals surface area contributed by atoms with Crippen LogP contribution in [0.25, 0.3) is 11.1 Å². The van der Waals surface area contributed by atoms with Crippen molar-refractivity contribution in [2.45, 2.75) is 6.42 Å². The lowest BCUT2D eigenvalue weighted by molar-refractivity contribution is -0.117. The predicted octanol–water partition coefficient (Wildman–Crippen LogP) is 4.10. The maximum atomic E-state index is 12.2. The van der Waals surface area contributed by atoms with Crippen LogP contribution < -0.4 is 4.90 Å². The van der Waals surface area contributed by atoms with Crippen LogP contribution in [0.1, 0.15) is 6.42 Å². The molecule has 1 atom stereocenters. The Morgan fingerprint density at radius 3 is 2.45 bits per heavy atom. The number of rotatable bonds is 3. The molecule has 2 nitrogen and oxygen atoms in total. The Bertz CT molecular complexity index is 611. The summed E-state index contributed by atoms with van der Waals surface area (Å²) in [5.74, 6) is 0.629. The molecule has 1 aliphatic rings. The van der Waals surface area contributed by atoms with E-state index < -0.39 is 0 Å². The maximum Gasteiger partial charge on any atom is 0.227 e. The van der Waals surface area contributed by atoms with E-state index in [1.165, 1.54) is 0 Å². The van der Waals surface area contributed by atoms with Gasteiger partial charge in [0, 0.05) is 23.9 Å². The van der Waals surface area contributed by atoms with Gasteiger partial charge in [-0.1, -0.05) is 64.5 Å². The van der Waals surface area contributed by atoms with Crippen LogP contribution >= 0.6 is 15.9 Å². The minimum Gasteiger partial charge on any atom is -0.311 e. The van der Waals surface area contributed by atoms with E-state index in [4.69, 9.17) is 0 Å². The number of carbonyl (C=O) groups excluding carboxylic acids is 1. The summed E-state index contributed by atoms with van der Waals surface area (Å²) in [7, 11) is 0. The number of amides is 1. The Labute approximate surface area is 127 Å². The van der Waals surface area contributed by atoms with Crippen molar-refractivity contribution in [2.75, 3.05) is 16.8 Å². The molecule has 1 fully saturated rings. The fraction of sp³-hybridized carbons (Fsp3) is 0.235. The lowest BCUT2D eigenvalue weighted by atomic mass is 10.0. The number of para-hydroxylation sites is 1. The smallest absolute Gasteiger partial charge is 0.227 e. The third-order valence-electron chi connectivity index (χ3n) is 3.70. The molecular formula is C17H16BrNO. The molecule has 0 radical (unpaired) electrons. The van der Waals surface area contributed by atoms with Crippen molar-refractivity contribution in [3.63, 3.8) is 0 Å². The summed E-state index contributed by atoms with van der Waals surface area (Å²) in [6.07, 6.45) is 0.633. The average molecular weight is 330 g/mol. The highest BCUT2D eigenvalue weighted by Crippen LogP contribution is 2.34. The molecular weight excluding hydrogens is 314 g/mol. The summed E-state index contributed by atoms with van der Waals surface area (Å²) >= 11 is 3.49. The minimum atomic E-state index is 0.220. The van der Waals surface area contributed by atoms with Crippen molar-refractivity contribution in [1.82, 2.24) is 0 Å². The Kier molecular flexibility index (Phi) is 3.88. The molecule has 1 heterocycles.